The second kappa shape index (κ2) is 4.19. The summed E-state index contributed by atoms with van der Waals surface area (Å²) in [5.74, 6) is 0.609. The highest BCUT2D eigenvalue weighted by Gasteiger charge is 2.28. The van der Waals surface area contributed by atoms with Crippen molar-refractivity contribution in [3.8, 4) is 5.75 Å². The molecular weight excluding hydrogens is 242 g/mol. The molecule has 0 saturated heterocycles. The second-order valence-electron chi connectivity index (χ2n) is 4.06. The number of aliphatic hydroxyl groups excluding tert-OH is 1. The Morgan fingerprint density at radius 2 is 2.18 bits per heavy atom. The van der Waals surface area contributed by atoms with Gasteiger partial charge in [-0.2, -0.15) is 0 Å². The molecule has 6 heteroatoms. The van der Waals surface area contributed by atoms with E-state index in [0.29, 0.717) is 30.0 Å². The van der Waals surface area contributed by atoms with E-state index in [1.54, 1.807) is 18.2 Å². The van der Waals surface area contributed by atoms with Crippen LogP contribution in [0.5, 0.6) is 5.75 Å². The number of fused-ring (bicyclic) bond motifs is 1. The maximum atomic E-state index is 11.6. The van der Waals surface area contributed by atoms with Crippen LogP contribution in [0.1, 0.15) is 18.1 Å². The predicted molar refractivity (Wildman–Crippen MR) is 64.8 cm³/mol. The third-order valence-corrected chi connectivity index (χ3v) is 4.05. The molecule has 1 aliphatic heterocycles. The number of aliphatic hydroxyl groups is 1. The van der Waals surface area contributed by atoms with Crippen LogP contribution in [0.3, 0.4) is 0 Å². The lowest BCUT2D eigenvalue weighted by molar-refractivity contribution is 0.166. The van der Waals surface area contributed by atoms with Gasteiger partial charge in [0.05, 0.1) is 25.2 Å². The lowest BCUT2D eigenvalue weighted by Gasteiger charge is -2.32. The van der Waals surface area contributed by atoms with Crippen LogP contribution >= 0.6 is 0 Å². The summed E-state index contributed by atoms with van der Waals surface area (Å²) >= 11 is 0. The zero-order valence-corrected chi connectivity index (χ0v) is 10.6. The Morgan fingerprint density at radius 1 is 1.47 bits per heavy atom. The number of hydrogen-bond donors (Lipinski definition) is 1. The van der Waals surface area contributed by atoms with Gasteiger partial charge in [-0.15, -0.1) is 0 Å². The molecular formula is C11H15NO4S. The van der Waals surface area contributed by atoms with Gasteiger partial charge in [-0.25, -0.2) is 8.42 Å². The highest BCUT2D eigenvalue weighted by molar-refractivity contribution is 7.92. The Hall–Kier alpha value is -1.27. The largest absolute Gasteiger partial charge is 0.497 e. The van der Waals surface area contributed by atoms with Gasteiger partial charge >= 0.3 is 0 Å². The number of rotatable bonds is 2. The van der Waals surface area contributed by atoms with Gasteiger partial charge in [0.2, 0.25) is 10.0 Å². The summed E-state index contributed by atoms with van der Waals surface area (Å²) in [6.07, 6.45) is 0.921. The molecule has 17 heavy (non-hydrogen) atoms. The molecule has 1 aromatic carbocycles. The van der Waals surface area contributed by atoms with E-state index in [4.69, 9.17) is 4.74 Å². The average Bonchev–Trinajstić information content (AvgIpc) is 2.27. The molecule has 1 unspecified atom stereocenters. The number of methoxy groups -OCH3 is 1. The molecule has 5 nitrogen and oxygen atoms in total. The van der Waals surface area contributed by atoms with Crippen molar-refractivity contribution < 1.29 is 18.3 Å². The SMILES string of the molecule is COc1ccc2c(c1)C(O)CCN2S(C)(=O)=O. The molecule has 0 radical (unpaired) electrons. The number of anilines is 1. The van der Waals surface area contributed by atoms with E-state index >= 15 is 0 Å². The Balaban J connectivity index is 2.54. The fraction of sp³-hybridized carbons (Fsp3) is 0.455. The molecule has 1 heterocycles. The molecule has 1 atom stereocenters. The topological polar surface area (TPSA) is 66.8 Å². The summed E-state index contributed by atoms with van der Waals surface area (Å²) in [5, 5.41) is 9.89. The summed E-state index contributed by atoms with van der Waals surface area (Å²) in [6, 6.07) is 5.03. The molecule has 0 spiro atoms. The normalized spacial score (nSPS) is 19.9. The zero-order valence-electron chi connectivity index (χ0n) is 9.75. The van der Waals surface area contributed by atoms with Crippen molar-refractivity contribution in [3.63, 3.8) is 0 Å². The van der Waals surface area contributed by atoms with Gasteiger partial charge in [-0.3, -0.25) is 4.31 Å². The number of sulfonamides is 1. The molecule has 0 aliphatic carbocycles. The molecule has 0 amide bonds. The highest BCUT2D eigenvalue weighted by Crippen LogP contribution is 2.37. The van der Waals surface area contributed by atoms with Crippen molar-refractivity contribution in [2.45, 2.75) is 12.5 Å². The monoisotopic (exact) mass is 257 g/mol. The summed E-state index contributed by atoms with van der Waals surface area (Å²) in [7, 11) is -1.77. The first-order chi connectivity index (χ1) is 7.93. The molecule has 1 aliphatic rings. The summed E-state index contributed by atoms with van der Waals surface area (Å²) in [4.78, 5) is 0. The van der Waals surface area contributed by atoms with Gasteiger partial charge < -0.3 is 9.84 Å². The highest BCUT2D eigenvalue weighted by atomic mass is 32.2. The van der Waals surface area contributed by atoms with Crippen molar-refractivity contribution >= 4 is 15.7 Å². The van der Waals surface area contributed by atoms with E-state index in [9.17, 15) is 13.5 Å². The Morgan fingerprint density at radius 3 is 2.76 bits per heavy atom. The van der Waals surface area contributed by atoms with Crippen molar-refractivity contribution in [2.75, 3.05) is 24.2 Å². The van der Waals surface area contributed by atoms with Gasteiger partial charge in [-0.1, -0.05) is 0 Å². The van der Waals surface area contributed by atoms with Gasteiger partial charge in [0.1, 0.15) is 5.75 Å². The van der Waals surface area contributed by atoms with E-state index in [1.165, 1.54) is 17.7 Å². The number of hydrogen-bond acceptors (Lipinski definition) is 4. The molecule has 0 fully saturated rings. The van der Waals surface area contributed by atoms with Crippen LogP contribution in [0.15, 0.2) is 18.2 Å². The molecule has 0 saturated carbocycles. The third-order valence-electron chi connectivity index (χ3n) is 2.87. The smallest absolute Gasteiger partial charge is 0.232 e. The minimum Gasteiger partial charge on any atom is -0.497 e. The average molecular weight is 257 g/mol. The zero-order chi connectivity index (χ0) is 12.6. The summed E-state index contributed by atoms with van der Waals surface area (Å²) in [5.41, 5.74) is 1.13. The van der Waals surface area contributed by atoms with E-state index < -0.39 is 16.1 Å². The molecule has 94 valence electrons. The maximum absolute atomic E-state index is 11.6. The number of benzene rings is 1. The lowest BCUT2D eigenvalue weighted by atomic mass is 10.0. The van der Waals surface area contributed by atoms with Gasteiger partial charge in [0, 0.05) is 12.1 Å². The molecule has 0 bridgehead atoms. The number of nitrogens with zero attached hydrogens (tertiary/aromatic N) is 1. The van der Waals surface area contributed by atoms with E-state index in [1.807, 2.05) is 0 Å². The predicted octanol–water partition coefficient (Wildman–Crippen LogP) is 0.898. The summed E-state index contributed by atoms with van der Waals surface area (Å²) < 4.78 is 29.6. The second-order valence-corrected chi connectivity index (χ2v) is 5.97. The van der Waals surface area contributed by atoms with E-state index in [2.05, 4.69) is 0 Å². The first-order valence-corrected chi connectivity index (χ1v) is 7.12. The van der Waals surface area contributed by atoms with Crippen molar-refractivity contribution in [2.24, 2.45) is 0 Å². The van der Waals surface area contributed by atoms with Crippen molar-refractivity contribution in [3.05, 3.63) is 23.8 Å². The van der Waals surface area contributed by atoms with E-state index in [-0.39, 0.29) is 0 Å². The fourth-order valence-electron chi connectivity index (χ4n) is 2.01. The van der Waals surface area contributed by atoms with Crippen molar-refractivity contribution in [1.29, 1.82) is 0 Å². The quantitative estimate of drug-likeness (QED) is 0.854. The van der Waals surface area contributed by atoms with E-state index in [0.717, 1.165) is 0 Å². The first kappa shape index (κ1) is 12.2. The molecule has 1 N–H and O–H groups in total. The minimum atomic E-state index is -3.30. The van der Waals surface area contributed by atoms with Crippen LogP contribution in [0, 0.1) is 0 Å². The first-order valence-electron chi connectivity index (χ1n) is 5.27. The number of ether oxygens (including phenoxy) is 1. The molecule has 2 rings (SSSR count). The van der Waals surface area contributed by atoms with Crippen LogP contribution in [0.4, 0.5) is 5.69 Å². The van der Waals surface area contributed by atoms with Gasteiger partial charge in [0.15, 0.2) is 0 Å². The van der Waals surface area contributed by atoms with Gasteiger partial charge in [0.25, 0.3) is 0 Å². The Kier molecular flexibility index (Phi) is 3.01. The van der Waals surface area contributed by atoms with Gasteiger partial charge in [-0.05, 0) is 24.6 Å². The van der Waals surface area contributed by atoms with Crippen molar-refractivity contribution in [1.82, 2.24) is 0 Å². The molecule has 1 aromatic rings. The van der Waals surface area contributed by atoms with Crippen LogP contribution in [-0.4, -0.2) is 33.4 Å². The van der Waals surface area contributed by atoms with Crippen LogP contribution in [0.25, 0.3) is 0 Å². The van der Waals surface area contributed by atoms with Crippen LogP contribution in [0.2, 0.25) is 0 Å². The summed E-state index contributed by atoms with van der Waals surface area (Å²) in [6.45, 7) is 0.305. The maximum Gasteiger partial charge on any atom is 0.232 e. The Labute approximate surface area is 101 Å². The Bertz CT molecular complexity index is 526. The third kappa shape index (κ3) is 2.23. The molecule has 0 aromatic heterocycles. The standard InChI is InChI=1S/C11H15NO4S/c1-16-8-3-4-10-9(7-8)11(13)5-6-12(10)17(2,14)15/h3-4,7,11,13H,5-6H2,1-2H3. The minimum absolute atomic E-state index is 0.305. The fourth-order valence-corrected chi connectivity index (χ4v) is 2.97. The van der Waals surface area contributed by atoms with Crippen LogP contribution < -0.4 is 9.04 Å². The van der Waals surface area contributed by atoms with Crippen LogP contribution in [-0.2, 0) is 10.0 Å². The lowest BCUT2D eigenvalue weighted by Crippen LogP contribution is -2.35.